The van der Waals surface area contributed by atoms with Crippen molar-refractivity contribution in [3.05, 3.63) is 63.6 Å². The molecule has 0 saturated carbocycles. The Morgan fingerprint density at radius 3 is 2.35 bits per heavy atom. The lowest BCUT2D eigenvalue weighted by atomic mass is 10.1. The first-order valence-corrected chi connectivity index (χ1v) is 8.16. The van der Waals surface area contributed by atoms with E-state index in [1.807, 2.05) is 25.2 Å². The van der Waals surface area contributed by atoms with Crippen LogP contribution in [0.5, 0.6) is 0 Å². The number of thioether (sulfide) groups is 1. The van der Waals surface area contributed by atoms with E-state index in [1.165, 1.54) is 11.1 Å². The highest BCUT2D eigenvalue weighted by Crippen LogP contribution is 2.30. The maximum absolute atomic E-state index is 6.04. The number of hydrogen-bond acceptors (Lipinski definition) is 2. The second-order valence-electron chi connectivity index (χ2n) is 4.64. The van der Waals surface area contributed by atoms with Gasteiger partial charge in [-0.1, -0.05) is 53.0 Å². The minimum Gasteiger partial charge on any atom is -0.312 e. The molecule has 1 atom stereocenters. The van der Waals surface area contributed by atoms with Crippen LogP contribution in [0, 0.1) is 6.92 Å². The first-order valence-electron chi connectivity index (χ1n) is 6.42. The highest BCUT2D eigenvalue weighted by Gasteiger charge is 2.10. The molecule has 106 valence electrons. The number of benzene rings is 2. The van der Waals surface area contributed by atoms with Crippen molar-refractivity contribution in [1.29, 1.82) is 0 Å². The Balaban J connectivity index is 2.03. The quantitative estimate of drug-likeness (QED) is 0.743. The van der Waals surface area contributed by atoms with Gasteiger partial charge in [-0.15, -0.1) is 11.8 Å². The molecule has 0 aromatic heterocycles. The molecule has 1 nitrogen and oxygen atoms in total. The van der Waals surface area contributed by atoms with E-state index >= 15 is 0 Å². The van der Waals surface area contributed by atoms with E-state index in [0.717, 1.165) is 10.6 Å². The van der Waals surface area contributed by atoms with Crippen LogP contribution in [-0.4, -0.2) is 12.8 Å². The summed E-state index contributed by atoms with van der Waals surface area (Å²) in [7, 11) is 1.99. The number of nitrogens with one attached hydrogen (secondary N) is 1. The largest absolute Gasteiger partial charge is 0.312 e. The molecule has 0 saturated heterocycles. The van der Waals surface area contributed by atoms with Crippen molar-refractivity contribution < 1.29 is 0 Å². The summed E-state index contributed by atoms with van der Waals surface area (Å²) >= 11 is 13.7. The fourth-order valence-electron chi connectivity index (χ4n) is 1.89. The van der Waals surface area contributed by atoms with E-state index in [4.69, 9.17) is 23.2 Å². The maximum Gasteiger partial charge on any atom is 0.0603 e. The van der Waals surface area contributed by atoms with E-state index in [0.29, 0.717) is 16.1 Å². The van der Waals surface area contributed by atoms with Crippen LogP contribution in [0.4, 0.5) is 0 Å². The van der Waals surface area contributed by atoms with Gasteiger partial charge in [-0.25, -0.2) is 0 Å². The Morgan fingerprint density at radius 2 is 1.75 bits per heavy atom. The predicted molar refractivity (Wildman–Crippen MR) is 90.2 cm³/mol. The zero-order valence-corrected chi connectivity index (χ0v) is 13.8. The molecule has 2 aromatic rings. The van der Waals surface area contributed by atoms with Crippen molar-refractivity contribution in [3.8, 4) is 0 Å². The molecule has 0 aliphatic rings. The van der Waals surface area contributed by atoms with Crippen LogP contribution in [0.25, 0.3) is 0 Å². The summed E-state index contributed by atoms with van der Waals surface area (Å²) in [6, 6.07) is 14.7. The van der Waals surface area contributed by atoms with Gasteiger partial charge in [0.25, 0.3) is 0 Å². The molecule has 0 amide bonds. The SMILES string of the molecule is CNC(CSc1ccc(Cl)c(Cl)c1)c1ccc(C)cc1. The number of rotatable bonds is 5. The Morgan fingerprint density at radius 1 is 1.05 bits per heavy atom. The van der Waals surface area contributed by atoms with Gasteiger partial charge in [0.05, 0.1) is 10.0 Å². The predicted octanol–water partition coefficient (Wildman–Crippen LogP) is 5.35. The van der Waals surface area contributed by atoms with Gasteiger partial charge in [0.15, 0.2) is 0 Å². The van der Waals surface area contributed by atoms with Crippen LogP contribution >= 0.6 is 35.0 Å². The summed E-state index contributed by atoms with van der Waals surface area (Å²) in [5.74, 6) is 0.942. The van der Waals surface area contributed by atoms with Crippen molar-refractivity contribution in [2.24, 2.45) is 0 Å². The molecule has 2 aromatic carbocycles. The summed E-state index contributed by atoms with van der Waals surface area (Å²) < 4.78 is 0. The molecule has 4 heteroatoms. The smallest absolute Gasteiger partial charge is 0.0603 e. The first kappa shape index (κ1) is 15.7. The van der Waals surface area contributed by atoms with Crippen LogP contribution in [0.3, 0.4) is 0 Å². The Bertz CT molecular complexity index is 569. The first-order chi connectivity index (χ1) is 9.60. The van der Waals surface area contributed by atoms with Crippen LogP contribution < -0.4 is 5.32 Å². The number of hydrogen-bond donors (Lipinski definition) is 1. The fraction of sp³-hybridized carbons (Fsp3) is 0.250. The van der Waals surface area contributed by atoms with Crippen molar-refractivity contribution >= 4 is 35.0 Å². The third kappa shape index (κ3) is 4.16. The zero-order chi connectivity index (χ0) is 14.5. The van der Waals surface area contributed by atoms with Crippen molar-refractivity contribution in [2.45, 2.75) is 17.9 Å². The van der Waals surface area contributed by atoms with Gasteiger partial charge in [0.1, 0.15) is 0 Å². The normalized spacial score (nSPS) is 12.4. The fourth-order valence-corrected chi connectivity index (χ4v) is 3.34. The summed E-state index contributed by atoms with van der Waals surface area (Å²) in [5, 5.41) is 4.56. The summed E-state index contributed by atoms with van der Waals surface area (Å²) in [4.78, 5) is 1.13. The minimum absolute atomic E-state index is 0.315. The summed E-state index contributed by atoms with van der Waals surface area (Å²) in [6.07, 6.45) is 0. The standard InChI is InChI=1S/C16H17Cl2NS/c1-11-3-5-12(6-4-11)16(19-2)10-20-13-7-8-14(17)15(18)9-13/h3-9,16,19H,10H2,1-2H3. The van der Waals surface area contributed by atoms with Gasteiger partial charge in [-0.05, 0) is 37.7 Å². The molecule has 0 bridgehead atoms. The van der Waals surface area contributed by atoms with Crippen molar-refractivity contribution in [1.82, 2.24) is 5.32 Å². The van der Waals surface area contributed by atoms with Crippen molar-refractivity contribution in [2.75, 3.05) is 12.8 Å². The summed E-state index contributed by atoms with van der Waals surface area (Å²) in [5.41, 5.74) is 2.58. The molecule has 2 rings (SSSR count). The molecule has 0 heterocycles. The van der Waals surface area contributed by atoms with E-state index in [2.05, 4.69) is 36.5 Å². The molecule has 20 heavy (non-hydrogen) atoms. The van der Waals surface area contributed by atoms with E-state index in [1.54, 1.807) is 11.8 Å². The Kier molecular flexibility index (Phi) is 5.79. The van der Waals surface area contributed by atoms with Gasteiger partial charge in [0, 0.05) is 16.7 Å². The molecular weight excluding hydrogens is 309 g/mol. The molecule has 0 fully saturated rings. The highest BCUT2D eigenvalue weighted by molar-refractivity contribution is 7.99. The molecule has 1 N–H and O–H groups in total. The average Bonchev–Trinajstić information content (AvgIpc) is 2.45. The molecule has 0 aliphatic heterocycles. The van der Waals surface area contributed by atoms with E-state index in [9.17, 15) is 0 Å². The lowest BCUT2D eigenvalue weighted by molar-refractivity contribution is 0.661. The zero-order valence-electron chi connectivity index (χ0n) is 11.5. The number of aryl methyl sites for hydroxylation is 1. The van der Waals surface area contributed by atoms with Gasteiger partial charge < -0.3 is 5.32 Å². The second kappa shape index (κ2) is 7.37. The average molecular weight is 326 g/mol. The van der Waals surface area contributed by atoms with Gasteiger partial charge in [-0.3, -0.25) is 0 Å². The highest BCUT2D eigenvalue weighted by atomic mass is 35.5. The van der Waals surface area contributed by atoms with Crippen LogP contribution in [0.15, 0.2) is 47.4 Å². The lowest BCUT2D eigenvalue weighted by Crippen LogP contribution is -2.18. The third-order valence-corrected chi connectivity index (χ3v) is 4.96. The molecule has 0 spiro atoms. The van der Waals surface area contributed by atoms with Gasteiger partial charge >= 0.3 is 0 Å². The van der Waals surface area contributed by atoms with Crippen LogP contribution in [-0.2, 0) is 0 Å². The lowest BCUT2D eigenvalue weighted by Gasteiger charge is -2.16. The molecule has 0 radical (unpaired) electrons. The topological polar surface area (TPSA) is 12.0 Å². The Hall–Kier alpha value is -0.670. The summed E-state index contributed by atoms with van der Waals surface area (Å²) in [6.45, 7) is 2.10. The molecular formula is C16H17Cl2NS. The second-order valence-corrected chi connectivity index (χ2v) is 6.55. The van der Waals surface area contributed by atoms with Gasteiger partial charge in [-0.2, -0.15) is 0 Å². The van der Waals surface area contributed by atoms with Crippen LogP contribution in [0.1, 0.15) is 17.2 Å². The minimum atomic E-state index is 0.315. The number of halogens is 2. The van der Waals surface area contributed by atoms with E-state index < -0.39 is 0 Å². The van der Waals surface area contributed by atoms with Crippen molar-refractivity contribution in [3.63, 3.8) is 0 Å². The maximum atomic E-state index is 6.04. The monoisotopic (exact) mass is 325 g/mol. The third-order valence-electron chi connectivity index (χ3n) is 3.14. The van der Waals surface area contributed by atoms with Gasteiger partial charge in [0.2, 0.25) is 0 Å². The molecule has 1 unspecified atom stereocenters. The van der Waals surface area contributed by atoms with E-state index in [-0.39, 0.29) is 0 Å². The molecule has 0 aliphatic carbocycles. The van der Waals surface area contributed by atoms with Crippen LogP contribution in [0.2, 0.25) is 10.0 Å². The Labute approximate surface area is 134 Å².